The molecule has 16 heteroatoms. The van der Waals surface area contributed by atoms with Gasteiger partial charge in [0.1, 0.15) is 33.6 Å². The maximum Gasteiger partial charge on any atom is 0.389 e. The van der Waals surface area contributed by atoms with Crippen LogP contribution in [0.2, 0.25) is 0 Å². The molecule has 0 bridgehead atoms. The fourth-order valence-corrected chi connectivity index (χ4v) is 6.65. The summed E-state index contributed by atoms with van der Waals surface area (Å²) in [5.74, 6) is -2.15. The summed E-state index contributed by atoms with van der Waals surface area (Å²) in [5, 5.41) is 19.1. The predicted octanol–water partition coefficient (Wildman–Crippen LogP) is 4.71. The molecule has 1 fully saturated rings. The van der Waals surface area contributed by atoms with E-state index in [4.69, 9.17) is 10.7 Å². The van der Waals surface area contributed by atoms with Crippen LogP contribution in [0.4, 0.5) is 29.2 Å². The number of hydrogen-bond acceptors (Lipinski definition) is 9. The molecule has 1 aliphatic carbocycles. The van der Waals surface area contributed by atoms with E-state index in [0.29, 0.717) is 16.3 Å². The molecule has 6 rings (SSSR count). The Labute approximate surface area is 245 Å². The highest BCUT2D eigenvalue weighted by Gasteiger charge is 2.61. The molecule has 5 heterocycles. The molecule has 1 atom stereocenters. The van der Waals surface area contributed by atoms with Crippen molar-refractivity contribution in [2.75, 3.05) is 11.1 Å². The standard InChI is InChI=1S/C27H26F4N8O3S/c1-25(2,24(41)42)9-14-11-43-23(34-14)27(12-4-5-12)16-18(32)35-20(36-19(16)37-22(27)40)17-15-8-13(28)10-33-21(15)39(38-17)7-3-6-26(29,30)31/h8,10-12H,3-7,9H2,1-2H3,(H,41,42)(H3,32,35,36,37,40). The molecule has 226 valence electrons. The van der Waals surface area contributed by atoms with Gasteiger partial charge in [0, 0.05) is 24.8 Å². The van der Waals surface area contributed by atoms with E-state index in [0.717, 1.165) is 25.1 Å². The van der Waals surface area contributed by atoms with Gasteiger partial charge in [-0.15, -0.1) is 11.3 Å². The molecule has 4 aromatic heterocycles. The molecule has 1 unspecified atom stereocenters. The summed E-state index contributed by atoms with van der Waals surface area (Å²) in [7, 11) is 0. The number of rotatable bonds is 9. The Hall–Kier alpha value is -4.21. The maximum atomic E-state index is 14.2. The van der Waals surface area contributed by atoms with Crippen molar-refractivity contribution in [3.05, 3.63) is 39.7 Å². The lowest BCUT2D eigenvalue weighted by molar-refractivity contribution is -0.146. The molecule has 1 saturated carbocycles. The third-order valence-electron chi connectivity index (χ3n) is 7.80. The molecular weight excluding hydrogens is 592 g/mol. The predicted molar refractivity (Wildman–Crippen MR) is 148 cm³/mol. The number of nitrogen functional groups attached to an aromatic ring is 1. The van der Waals surface area contributed by atoms with Crippen molar-refractivity contribution in [1.82, 2.24) is 29.7 Å². The van der Waals surface area contributed by atoms with E-state index in [1.54, 1.807) is 19.2 Å². The van der Waals surface area contributed by atoms with Crippen LogP contribution in [0.1, 0.15) is 55.8 Å². The fraction of sp³-hybridized carbons (Fsp3) is 0.444. The number of carbonyl (C=O) groups is 2. The van der Waals surface area contributed by atoms with Crippen molar-refractivity contribution in [3.8, 4) is 11.5 Å². The lowest BCUT2D eigenvalue weighted by Gasteiger charge is -2.25. The molecule has 0 spiro atoms. The van der Waals surface area contributed by atoms with Crippen molar-refractivity contribution in [2.45, 2.75) is 64.1 Å². The number of alkyl halides is 3. The van der Waals surface area contributed by atoms with E-state index < -0.39 is 41.1 Å². The number of amides is 1. The van der Waals surface area contributed by atoms with E-state index in [-0.39, 0.29) is 59.5 Å². The van der Waals surface area contributed by atoms with Gasteiger partial charge < -0.3 is 16.2 Å². The largest absolute Gasteiger partial charge is 0.481 e. The number of halogens is 4. The molecular formula is C27H26F4N8O3S. The normalized spacial score (nSPS) is 18.7. The van der Waals surface area contributed by atoms with Crippen LogP contribution in [0.5, 0.6) is 0 Å². The van der Waals surface area contributed by atoms with Gasteiger partial charge in [-0.1, -0.05) is 0 Å². The number of nitrogens with two attached hydrogens (primary N) is 1. The Morgan fingerprint density at radius 2 is 2.00 bits per heavy atom. The third-order valence-corrected chi connectivity index (χ3v) is 8.82. The third kappa shape index (κ3) is 4.96. The van der Waals surface area contributed by atoms with Crippen LogP contribution in [0.15, 0.2) is 17.6 Å². The number of hydrogen-bond donors (Lipinski definition) is 3. The Balaban J connectivity index is 1.42. The van der Waals surface area contributed by atoms with Crippen LogP contribution in [-0.4, -0.2) is 52.9 Å². The zero-order valence-corrected chi connectivity index (χ0v) is 23.8. The van der Waals surface area contributed by atoms with Gasteiger partial charge in [-0.2, -0.15) is 18.3 Å². The number of nitrogens with one attached hydrogen (secondary N) is 1. The second-order valence-corrected chi connectivity index (χ2v) is 12.4. The molecule has 0 saturated heterocycles. The van der Waals surface area contributed by atoms with E-state index in [9.17, 15) is 32.3 Å². The van der Waals surface area contributed by atoms with Gasteiger partial charge in [-0.3, -0.25) is 9.59 Å². The molecule has 1 amide bonds. The second-order valence-electron chi connectivity index (χ2n) is 11.5. The molecule has 4 N–H and O–H groups in total. The van der Waals surface area contributed by atoms with Crippen LogP contribution in [-0.2, 0) is 28.0 Å². The van der Waals surface area contributed by atoms with Gasteiger partial charge in [0.2, 0.25) is 5.91 Å². The molecule has 11 nitrogen and oxygen atoms in total. The monoisotopic (exact) mass is 618 g/mol. The Morgan fingerprint density at radius 1 is 1.26 bits per heavy atom. The summed E-state index contributed by atoms with van der Waals surface area (Å²) in [5.41, 5.74) is 5.24. The van der Waals surface area contributed by atoms with Gasteiger partial charge in [0.25, 0.3) is 0 Å². The van der Waals surface area contributed by atoms with Crippen LogP contribution < -0.4 is 11.1 Å². The smallest absolute Gasteiger partial charge is 0.389 e. The van der Waals surface area contributed by atoms with Crippen LogP contribution in [0.3, 0.4) is 0 Å². The molecule has 0 aromatic carbocycles. The maximum absolute atomic E-state index is 14.2. The summed E-state index contributed by atoms with van der Waals surface area (Å²) in [4.78, 5) is 43.2. The second kappa shape index (κ2) is 9.92. The fourth-order valence-electron chi connectivity index (χ4n) is 5.55. The first-order chi connectivity index (χ1) is 20.2. The van der Waals surface area contributed by atoms with E-state index in [1.807, 2.05) is 0 Å². The van der Waals surface area contributed by atoms with Gasteiger partial charge >= 0.3 is 12.1 Å². The number of fused-ring (bicyclic) bond motifs is 2. The Kier molecular flexibility index (Phi) is 6.67. The number of aryl methyl sites for hydroxylation is 1. The van der Waals surface area contributed by atoms with Gasteiger partial charge in [-0.05, 0) is 45.1 Å². The number of pyridine rings is 1. The van der Waals surface area contributed by atoms with Crippen molar-refractivity contribution in [2.24, 2.45) is 11.3 Å². The van der Waals surface area contributed by atoms with Crippen molar-refractivity contribution < 1.29 is 32.3 Å². The molecule has 2 aliphatic rings. The number of carboxylic acids is 1. The van der Waals surface area contributed by atoms with Crippen molar-refractivity contribution >= 4 is 45.9 Å². The number of nitrogens with zero attached hydrogens (tertiary/aromatic N) is 6. The van der Waals surface area contributed by atoms with Gasteiger partial charge in [-0.25, -0.2) is 29.0 Å². The lowest BCUT2D eigenvalue weighted by Crippen LogP contribution is -2.38. The van der Waals surface area contributed by atoms with Gasteiger partial charge in [0.05, 0.1) is 28.3 Å². The number of carbonyl (C=O) groups excluding carboxylic acids is 1. The number of aliphatic carboxylic acids is 1. The number of aromatic nitrogens is 6. The quantitative estimate of drug-likeness (QED) is 0.226. The van der Waals surface area contributed by atoms with Crippen molar-refractivity contribution in [3.63, 3.8) is 0 Å². The molecule has 4 aromatic rings. The number of thiazole rings is 1. The summed E-state index contributed by atoms with van der Waals surface area (Å²) < 4.78 is 53.7. The van der Waals surface area contributed by atoms with Crippen LogP contribution in [0, 0.1) is 17.2 Å². The topological polar surface area (TPSA) is 162 Å². The summed E-state index contributed by atoms with van der Waals surface area (Å²) in [6.45, 7) is 3.05. The highest BCUT2D eigenvalue weighted by molar-refractivity contribution is 7.10. The minimum atomic E-state index is -4.35. The van der Waals surface area contributed by atoms with E-state index in [2.05, 4.69) is 25.4 Å². The minimum Gasteiger partial charge on any atom is -0.481 e. The van der Waals surface area contributed by atoms with Crippen LogP contribution in [0.25, 0.3) is 22.6 Å². The minimum absolute atomic E-state index is 0.0306. The first-order valence-corrected chi connectivity index (χ1v) is 14.4. The molecule has 43 heavy (non-hydrogen) atoms. The van der Waals surface area contributed by atoms with Crippen molar-refractivity contribution in [1.29, 1.82) is 0 Å². The molecule has 1 aliphatic heterocycles. The average Bonchev–Trinajstić information content (AvgIpc) is 3.44. The van der Waals surface area contributed by atoms with Gasteiger partial charge in [0.15, 0.2) is 11.5 Å². The van der Waals surface area contributed by atoms with Crippen LogP contribution >= 0.6 is 11.3 Å². The first kappa shape index (κ1) is 28.9. The lowest BCUT2D eigenvalue weighted by atomic mass is 9.78. The zero-order chi connectivity index (χ0) is 30.9. The summed E-state index contributed by atoms with van der Waals surface area (Å²) in [6.07, 6.45) is -3.11. The average molecular weight is 619 g/mol. The zero-order valence-electron chi connectivity index (χ0n) is 23.0. The molecule has 0 radical (unpaired) electrons. The Morgan fingerprint density at radius 3 is 2.67 bits per heavy atom. The highest BCUT2D eigenvalue weighted by atomic mass is 32.1. The highest BCUT2D eigenvalue weighted by Crippen LogP contribution is 2.58. The van der Waals surface area contributed by atoms with E-state index in [1.165, 1.54) is 16.0 Å². The number of carboxylic acid groups (broad SMARTS) is 1. The first-order valence-electron chi connectivity index (χ1n) is 13.5. The summed E-state index contributed by atoms with van der Waals surface area (Å²) in [6, 6.07) is 1.14. The summed E-state index contributed by atoms with van der Waals surface area (Å²) >= 11 is 1.24. The SMILES string of the molecule is CC(C)(Cc1csc(C2(C3CC3)C(=O)Nc3nc(-c4nn(CCCC(F)(F)F)c5ncc(F)cc45)nc(N)c32)n1)C(=O)O. The Bertz CT molecular complexity index is 1780. The van der Waals surface area contributed by atoms with E-state index >= 15 is 0 Å². The number of anilines is 2.